The van der Waals surface area contributed by atoms with E-state index in [-0.39, 0.29) is 29.2 Å². The molecule has 0 aromatic carbocycles. The predicted octanol–water partition coefficient (Wildman–Crippen LogP) is 1.17. The number of hydrogen-bond donors (Lipinski definition) is 3. The molecule has 1 aromatic rings. The van der Waals surface area contributed by atoms with Gasteiger partial charge in [0.1, 0.15) is 0 Å². The summed E-state index contributed by atoms with van der Waals surface area (Å²) in [6.45, 7) is 0. The molecule has 0 aliphatic heterocycles. The standard InChI is InChI=1S/C14H18N2O5/c1-21-10-6-7-15-11(12(10)17)13(18)16-9-4-2-8(3-5-9)14(19)20/h6-9,17H,2-5H2,1H3,(H,16,18)(H,19,20). The Labute approximate surface area is 122 Å². The molecule has 114 valence electrons. The van der Waals surface area contributed by atoms with Crippen molar-refractivity contribution in [1.29, 1.82) is 0 Å². The number of carbonyl (C=O) groups excluding carboxylic acids is 1. The summed E-state index contributed by atoms with van der Waals surface area (Å²) in [7, 11) is 1.39. The molecule has 0 radical (unpaired) electrons. The highest BCUT2D eigenvalue weighted by Gasteiger charge is 2.28. The molecule has 1 amide bonds. The van der Waals surface area contributed by atoms with Crippen molar-refractivity contribution < 1.29 is 24.5 Å². The second kappa shape index (κ2) is 6.43. The fourth-order valence-corrected chi connectivity index (χ4v) is 2.51. The molecular weight excluding hydrogens is 276 g/mol. The van der Waals surface area contributed by atoms with Crippen molar-refractivity contribution in [3.8, 4) is 11.5 Å². The molecule has 1 aliphatic carbocycles. The molecule has 1 aliphatic rings. The zero-order chi connectivity index (χ0) is 15.4. The summed E-state index contributed by atoms with van der Waals surface area (Å²) < 4.78 is 4.93. The van der Waals surface area contributed by atoms with Crippen LogP contribution in [0.3, 0.4) is 0 Å². The molecule has 7 heteroatoms. The number of aliphatic carboxylic acids is 1. The number of pyridine rings is 1. The van der Waals surface area contributed by atoms with Crippen LogP contribution in [-0.4, -0.2) is 40.2 Å². The molecule has 0 atom stereocenters. The normalized spacial score (nSPS) is 21.6. The zero-order valence-corrected chi connectivity index (χ0v) is 11.7. The molecule has 0 spiro atoms. The van der Waals surface area contributed by atoms with Gasteiger partial charge in [-0.25, -0.2) is 4.98 Å². The minimum absolute atomic E-state index is 0.0882. The fourth-order valence-electron chi connectivity index (χ4n) is 2.51. The van der Waals surface area contributed by atoms with Crippen LogP contribution in [0.25, 0.3) is 0 Å². The number of methoxy groups -OCH3 is 1. The largest absolute Gasteiger partial charge is 0.503 e. The van der Waals surface area contributed by atoms with E-state index in [4.69, 9.17) is 9.84 Å². The van der Waals surface area contributed by atoms with Gasteiger partial charge < -0.3 is 20.3 Å². The van der Waals surface area contributed by atoms with Crippen molar-refractivity contribution in [2.24, 2.45) is 5.92 Å². The maximum absolute atomic E-state index is 12.1. The molecule has 0 bridgehead atoms. The van der Waals surface area contributed by atoms with Gasteiger partial charge in [0, 0.05) is 18.3 Å². The average Bonchev–Trinajstić information content (AvgIpc) is 2.48. The van der Waals surface area contributed by atoms with Crippen LogP contribution in [0, 0.1) is 5.92 Å². The highest BCUT2D eigenvalue weighted by molar-refractivity contribution is 5.95. The van der Waals surface area contributed by atoms with Crippen molar-refractivity contribution in [3.05, 3.63) is 18.0 Å². The lowest BCUT2D eigenvalue weighted by atomic mass is 9.86. The SMILES string of the molecule is COc1ccnc(C(=O)NC2CCC(C(=O)O)CC2)c1O. The van der Waals surface area contributed by atoms with Gasteiger partial charge in [0.2, 0.25) is 0 Å². The lowest BCUT2D eigenvalue weighted by Gasteiger charge is -2.26. The Kier molecular flexibility index (Phi) is 4.62. The summed E-state index contributed by atoms with van der Waals surface area (Å²) in [5, 5.41) is 21.6. The Hall–Kier alpha value is -2.31. The number of nitrogens with zero attached hydrogens (tertiary/aromatic N) is 1. The summed E-state index contributed by atoms with van der Waals surface area (Å²) in [6.07, 6.45) is 3.67. The second-order valence-electron chi connectivity index (χ2n) is 5.07. The van der Waals surface area contributed by atoms with Gasteiger partial charge in [-0.05, 0) is 25.7 Å². The molecule has 1 saturated carbocycles. The molecule has 0 saturated heterocycles. The second-order valence-corrected chi connectivity index (χ2v) is 5.07. The average molecular weight is 294 g/mol. The Bertz CT molecular complexity index is 538. The molecule has 21 heavy (non-hydrogen) atoms. The van der Waals surface area contributed by atoms with E-state index in [0.717, 1.165) is 0 Å². The van der Waals surface area contributed by atoms with E-state index in [2.05, 4.69) is 10.3 Å². The first kappa shape index (κ1) is 15.1. The third-order valence-corrected chi connectivity index (χ3v) is 3.73. The van der Waals surface area contributed by atoms with E-state index in [1.165, 1.54) is 19.4 Å². The van der Waals surface area contributed by atoms with E-state index in [1.54, 1.807) is 0 Å². The van der Waals surface area contributed by atoms with E-state index < -0.39 is 11.9 Å². The highest BCUT2D eigenvalue weighted by atomic mass is 16.5. The van der Waals surface area contributed by atoms with Crippen molar-refractivity contribution >= 4 is 11.9 Å². The summed E-state index contributed by atoms with van der Waals surface area (Å²) >= 11 is 0. The number of carboxylic acids is 1. The number of aromatic nitrogens is 1. The smallest absolute Gasteiger partial charge is 0.306 e. The number of carbonyl (C=O) groups is 2. The molecule has 2 rings (SSSR count). The topological polar surface area (TPSA) is 109 Å². The minimum atomic E-state index is -0.785. The Morgan fingerprint density at radius 3 is 2.57 bits per heavy atom. The number of hydrogen-bond acceptors (Lipinski definition) is 5. The minimum Gasteiger partial charge on any atom is -0.503 e. The number of amides is 1. The number of rotatable bonds is 4. The first-order valence-corrected chi connectivity index (χ1v) is 6.78. The van der Waals surface area contributed by atoms with Gasteiger partial charge in [0.15, 0.2) is 17.2 Å². The van der Waals surface area contributed by atoms with Crippen LogP contribution < -0.4 is 10.1 Å². The number of ether oxygens (including phenoxy) is 1. The summed E-state index contributed by atoms with van der Waals surface area (Å²) in [6, 6.07) is 1.37. The Balaban J connectivity index is 1.98. The zero-order valence-electron chi connectivity index (χ0n) is 11.7. The van der Waals surface area contributed by atoms with Crippen LogP contribution >= 0.6 is 0 Å². The molecular formula is C14H18N2O5. The summed E-state index contributed by atoms with van der Waals surface area (Å²) in [5.74, 6) is -1.71. The maximum Gasteiger partial charge on any atom is 0.306 e. The van der Waals surface area contributed by atoms with Gasteiger partial charge in [0.25, 0.3) is 5.91 Å². The molecule has 7 nitrogen and oxygen atoms in total. The maximum atomic E-state index is 12.1. The Morgan fingerprint density at radius 1 is 1.33 bits per heavy atom. The van der Waals surface area contributed by atoms with Crippen molar-refractivity contribution in [2.45, 2.75) is 31.7 Å². The number of carboxylic acid groups (broad SMARTS) is 1. The first-order valence-electron chi connectivity index (χ1n) is 6.78. The molecule has 1 heterocycles. The molecule has 1 aromatic heterocycles. The van der Waals surface area contributed by atoms with Gasteiger partial charge >= 0.3 is 5.97 Å². The lowest BCUT2D eigenvalue weighted by Crippen LogP contribution is -2.39. The van der Waals surface area contributed by atoms with Crippen LogP contribution in [0.1, 0.15) is 36.2 Å². The monoisotopic (exact) mass is 294 g/mol. The summed E-state index contributed by atoms with van der Waals surface area (Å²) in [5.41, 5.74) is -0.0882. The van der Waals surface area contributed by atoms with Crippen molar-refractivity contribution in [2.75, 3.05) is 7.11 Å². The van der Waals surface area contributed by atoms with Gasteiger partial charge in [0.05, 0.1) is 13.0 Å². The van der Waals surface area contributed by atoms with Crippen LogP contribution in [0.4, 0.5) is 0 Å². The van der Waals surface area contributed by atoms with Crippen LogP contribution in [-0.2, 0) is 4.79 Å². The van der Waals surface area contributed by atoms with E-state index in [9.17, 15) is 14.7 Å². The lowest BCUT2D eigenvalue weighted by molar-refractivity contribution is -0.142. The van der Waals surface area contributed by atoms with Crippen LogP contribution in [0.15, 0.2) is 12.3 Å². The van der Waals surface area contributed by atoms with E-state index in [0.29, 0.717) is 25.7 Å². The van der Waals surface area contributed by atoms with Crippen LogP contribution in [0.2, 0.25) is 0 Å². The fraction of sp³-hybridized carbons (Fsp3) is 0.500. The predicted molar refractivity (Wildman–Crippen MR) is 73.3 cm³/mol. The van der Waals surface area contributed by atoms with E-state index >= 15 is 0 Å². The third-order valence-electron chi connectivity index (χ3n) is 3.73. The van der Waals surface area contributed by atoms with Gasteiger partial charge in [-0.2, -0.15) is 0 Å². The highest BCUT2D eigenvalue weighted by Crippen LogP contribution is 2.28. The van der Waals surface area contributed by atoms with E-state index in [1.807, 2.05) is 0 Å². The van der Waals surface area contributed by atoms with Crippen molar-refractivity contribution in [1.82, 2.24) is 10.3 Å². The number of aromatic hydroxyl groups is 1. The quantitative estimate of drug-likeness (QED) is 0.769. The molecule has 1 fully saturated rings. The van der Waals surface area contributed by atoms with Crippen molar-refractivity contribution in [3.63, 3.8) is 0 Å². The van der Waals surface area contributed by atoms with Gasteiger partial charge in [-0.1, -0.05) is 0 Å². The molecule has 0 unspecified atom stereocenters. The first-order chi connectivity index (χ1) is 10.0. The van der Waals surface area contributed by atoms with Crippen LogP contribution in [0.5, 0.6) is 11.5 Å². The summed E-state index contributed by atoms with van der Waals surface area (Å²) in [4.78, 5) is 26.8. The molecule has 3 N–H and O–H groups in total. The van der Waals surface area contributed by atoms with Gasteiger partial charge in [-0.3, -0.25) is 9.59 Å². The Morgan fingerprint density at radius 2 is 2.00 bits per heavy atom. The number of nitrogens with one attached hydrogen (secondary N) is 1. The third kappa shape index (κ3) is 3.42. The van der Waals surface area contributed by atoms with Gasteiger partial charge in [-0.15, -0.1) is 0 Å².